The third-order valence-corrected chi connectivity index (χ3v) is 5.91. The van der Waals surface area contributed by atoms with Crippen molar-refractivity contribution in [2.75, 3.05) is 13.1 Å². The molecule has 2 atom stereocenters. The normalized spacial score (nSPS) is 13.4. The molecule has 0 radical (unpaired) electrons. The summed E-state index contributed by atoms with van der Waals surface area (Å²) in [5.74, 6) is -0.732. The van der Waals surface area contributed by atoms with E-state index in [1.807, 2.05) is 30.3 Å². The van der Waals surface area contributed by atoms with Crippen molar-refractivity contribution >= 4 is 21.6 Å². The highest BCUT2D eigenvalue weighted by atomic mass is 32.2. The lowest BCUT2D eigenvalue weighted by Crippen LogP contribution is -2.38. The molecule has 0 bridgehead atoms. The predicted molar refractivity (Wildman–Crippen MR) is 111 cm³/mol. The summed E-state index contributed by atoms with van der Waals surface area (Å²) in [4.78, 5) is 22.3. The van der Waals surface area contributed by atoms with Crippen molar-refractivity contribution in [2.24, 2.45) is 5.92 Å². The van der Waals surface area contributed by atoms with Gasteiger partial charge in [-0.15, -0.1) is 0 Å². The Morgan fingerprint density at radius 1 is 1.13 bits per heavy atom. The highest BCUT2D eigenvalue weighted by molar-refractivity contribution is 7.89. The van der Waals surface area contributed by atoms with Gasteiger partial charge in [-0.1, -0.05) is 30.3 Å². The van der Waals surface area contributed by atoms with Crippen molar-refractivity contribution in [1.29, 1.82) is 0 Å². The van der Waals surface area contributed by atoms with Gasteiger partial charge in [-0.05, 0) is 37.5 Å². The molecule has 2 rings (SSSR count). The van der Waals surface area contributed by atoms with Gasteiger partial charge >= 0.3 is 0 Å². The first-order valence-electron chi connectivity index (χ1n) is 9.46. The smallest absolute Gasteiger partial charge is 0.269 e. The van der Waals surface area contributed by atoms with E-state index in [0.29, 0.717) is 13.0 Å². The van der Waals surface area contributed by atoms with Crippen molar-refractivity contribution in [3.05, 3.63) is 70.3 Å². The van der Waals surface area contributed by atoms with Crippen LogP contribution in [0.4, 0.5) is 5.69 Å². The van der Waals surface area contributed by atoms with E-state index in [1.54, 1.807) is 6.92 Å². The minimum absolute atomic E-state index is 0.0729. The van der Waals surface area contributed by atoms with E-state index in [0.717, 1.165) is 29.8 Å². The Hall–Kier alpha value is -2.82. The molecule has 0 saturated carbocycles. The summed E-state index contributed by atoms with van der Waals surface area (Å²) in [5.41, 5.74) is 0.715. The van der Waals surface area contributed by atoms with Gasteiger partial charge in [0.15, 0.2) is 0 Å². The lowest BCUT2D eigenvalue weighted by Gasteiger charge is -2.20. The summed E-state index contributed by atoms with van der Waals surface area (Å²) in [6.07, 6.45) is -0.600. The number of carbonyl (C=O) groups is 1. The summed E-state index contributed by atoms with van der Waals surface area (Å²) in [5, 5.41) is 23.8. The van der Waals surface area contributed by atoms with E-state index in [-0.39, 0.29) is 29.5 Å². The molecule has 9 nitrogen and oxygen atoms in total. The molecule has 2 aromatic rings. The Morgan fingerprint density at radius 3 is 2.33 bits per heavy atom. The highest BCUT2D eigenvalue weighted by Gasteiger charge is 2.24. The average molecular weight is 436 g/mol. The second-order valence-electron chi connectivity index (χ2n) is 6.77. The molecular weight excluding hydrogens is 410 g/mol. The van der Waals surface area contributed by atoms with Crippen molar-refractivity contribution in [3.8, 4) is 0 Å². The topological polar surface area (TPSA) is 139 Å². The number of rotatable bonds is 11. The van der Waals surface area contributed by atoms with Crippen LogP contribution in [0.5, 0.6) is 0 Å². The molecule has 0 aliphatic rings. The van der Waals surface area contributed by atoms with Crippen molar-refractivity contribution in [3.63, 3.8) is 0 Å². The second-order valence-corrected chi connectivity index (χ2v) is 8.54. The van der Waals surface area contributed by atoms with Crippen LogP contribution in [-0.2, 0) is 21.2 Å². The van der Waals surface area contributed by atoms with Crippen LogP contribution in [-0.4, -0.2) is 43.5 Å². The monoisotopic (exact) mass is 435 g/mol. The quantitative estimate of drug-likeness (QED) is 0.362. The van der Waals surface area contributed by atoms with E-state index in [1.165, 1.54) is 0 Å². The molecule has 0 aliphatic carbocycles. The SMILES string of the molecule is CCNC(=O)[C@H](Cc1ccccc1)C[C@H](O)CNS(=O)(=O)c1ccc([N+](=O)[O-])cc1. The van der Waals surface area contributed by atoms with Crippen molar-refractivity contribution in [1.82, 2.24) is 10.0 Å². The number of nitrogens with one attached hydrogen (secondary N) is 2. The number of benzene rings is 2. The predicted octanol–water partition coefficient (Wildman–Crippen LogP) is 1.62. The molecule has 0 aromatic heterocycles. The highest BCUT2D eigenvalue weighted by Crippen LogP contribution is 2.17. The maximum atomic E-state index is 12.4. The van der Waals surface area contributed by atoms with Crippen LogP contribution >= 0.6 is 0 Å². The van der Waals surface area contributed by atoms with Gasteiger partial charge in [0.05, 0.1) is 15.9 Å². The summed E-state index contributed by atoms with van der Waals surface area (Å²) >= 11 is 0. The lowest BCUT2D eigenvalue weighted by atomic mass is 9.93. The Morgan fingerprint density at radius 2 is 1.77 bits per heavy atom. The fraction of sp³-hybridized carbons (Fsp3) is 0.350. The first-order chi connectivity index (χ1) is 14.2. The summed E-state index contributed by atoms with van der Waals surface area (Å²) < 4.78 is 27.0. The van der Waals surface area contributed by atoms with E-state index in [9.17, 15) is 28.4 Å². The first-order valence-corrected chi connectivity index (χ1v) is 10.9. The van der Waals surface area contributed by atoms with Gasteiger partial charge in [0, 0.05) is 31.1 Å². The molecule has 0 saturated heterocycles. The maximum absolute atomic E-state index is 12.4. The van der Waals surface area contributed by atoms with Gasteiger partial charge in [0.2, 0.25) is 15.9 Å². The van der Waals surface area contributed by atoms with Crippen LogP contribution in [0.15, 0.2) is 59.5 Å². The molecule has 10 heteroatoms. The number of hydrogen-bond donors (Lipinski definition) is 3. The first kappa shape index (κ1) is 23.5. The van der Waals surface area contributed by atoms with Gasteiger partial charge < -0.3 is 10.4 Å². The zero-order valence-corrected chi connectivity index (χ0v) is 17.3. The fourth-order valence-electron chi connectivity index (χ4n) is 2.95. The van der Waals surface area contributed by atoms with Crippen LogP contribution in [0.3, 0.4) is 0 Å². The van der Waals surface area contributed by atoms with Crippen LogP contribution in [0.2, 0.25) is 0 Å². The van der Waals surface area contributed by atoms with Crippen LogP contribution in [0.1, 0.15) is 18.9 Å². The largest absolute Gasteiger partial charge is 0.392 e. The van der Waals surface area contributed by atoms with Crippen LogP contribution in [0, 0.1) is 16.0 Å². The number of hydrogen-bond acceptors (Lipinski definition) is 6. The number of aliphatic hydroxyl groups is 1. The standard InChI is InChI=1S/C20H25N3O6S/c1-2-21-20(25)16(12-15-6-4-3-5-7-15)13-18(24)14-22-30(28,29)19-10-8-17(9-11-19)23(26)27/h3-11,16,18,22,24H,2,12-14H2,1H3,(H,21,25)/t16-,18+/m1/s1. The number of carbonyl (C=O) groups excluding carboxylic acids is 1. The van der Waals surface area contributed by atoms with Gasteiger partial charge in [0.25, 0.3) is 5.69 Å². The number of nitro benzene ring substituents is 1. The van der Waals surface area contributed by atoms with Gasteiger partial charge in [0.1, 0.15) is 0 Å². The number of nitro groups is 1. The molecule has 0 aliphatic heterocycles. The lowest BCUT2D eigenvalue weighted by molar-refractivity contribution is -0.384. The maximum Gasteiger partial charge on any atom is 0.269 e. The molecule has 0 heterocycles. The van der Waals surface area contributed by atoms with Crippen molar-refractivity contribution < 1.29 is 23.2 Å². The molecule has 30 heavy (non-hydrogen) atoms. The molecular formula is C20H25N3O6S. The third kappa shape index (κ3) is 6.90. The number of sulfonamides is 1. The summed E-state index contributed by atoms with van der Waals surface area (Å²) in [6, 6.07) is 13.8. The number of aliphatic hydroxyl groups excluding tert-OH is 1. The molecule has 2 aromatic carbocycles. The third-order valence-electron chi connectivity index (χ3n) is 4.47. The Labute approximate surface area is 175 Å². The van der Waals surface area contributed by atoms with E-state index < -0.39 is 27.0 Å². The molecule has 1 amide bonds. The molecule has 3 N–H and O–H groups in total. The van der Waals surface area contributed by atoms with Crippen LogP contribution < -0.4 is 10.0 Å². The number of non-ortho nitro benzene ring substituents is 1. The minimum Gasteiger partial charge on any atom is -0.392 e. The van der Waals surface area contributed by atoms with Gasteiger partial charge in [-0.3, -0.25) is 14.9 Å². The Balaban J connectivity index is 2.00. The van der Waals surface area contributed by atoms with Crippen molar-refractivity contribution in [2.45, 2.75) is 30.8 Å². The Bertz CT molecular complexity index is 948. The zero-order valence-electron chi connectivity index (χ0n) is 16.5. The molecule has 0 spiro atoms. The fourth-order valence-corrected chi connectivity index (χ4v) is 4.02. The molecule has 0 unspecified atom stereocenters. The second kappa shape index (κ2) is 10.8. The molecule has 0 fully saturated rings. The van der Waals surface area contributed by atoms with Gasteiger partial charge in [-0.2, -0.15) is 0 Å². The van der Waals surface area contributed by atoms with E-state index >= 15 is 0 Å². The average Bonchev–Trinajstić information content (AvgIpc) is 2.73. The Kier molecular flexibility index (Phi) is 8.46. The summed E-state index contributed by atoms with van der Waals surface area (Å²) in [6.45, 7) is 1.96. The van der Waals surface area contributed by atoms with E-state index in [2.05, 4.69) is 10.0 Å². The molecule has 162 valence electrons. The van der Waals surface area contributed by atoms with E-state index in [4.69, 9.17) is 0 Å². The minimum atomic E-state index is -3.96. The van der Waals surface area contributed by atoms with Crippen LogP contribution in [0.25, 0.3) is 0 Å². The van der Waals surface area contributed by atoms with Gasteiger partial charge in [-0.25, -0.2) is 13.1 Å². The number of nitrogens with zero attached hydrogens (tertiary/aromatic N) is 1. The zero-order chi connectivity index (χ0) is 22.1. The summed E-state index contributed by atoms with van der Waals surface area (Å²) in [7, 11) is -3.96. The number of amides is 1.